The van der Waals surface area contributed by atoms with Crippen molar-refractivity contribution in [1.29, 1.82) is 0 Å². The van der Waals surface area contributed by atoms with Gasteiger partial charge in [-0.2, -0.15) is 0 Å². The molecule has 2 heterocycles. The highest BCUT2D eigenvalue weighted by molar-refractivity contribution is 5.30. The second-order valence-corrected chi connectivity index (χ2v) is 4.89. The number of hydrogen-bond acceptors (Lipinski definition) is 1. The van der Waals surface area contributed by atoms with Crippen molar-refractivity contribution in [2.45, 2.75) is 12.6 Å². The Morgan fingerprint density at radius 2 is 2.12 bits per heavy atom. The quantitative estimate of drug-likeness (QED) is 0.636. The first kappa shape index (κ1) is 11.1. The number of morpholine rings is 1. The summed E-state index contributed by atoms with van der Waals surface area (Å²) in [5.41, 5.74) is 2.51. The minimum atomic E-state index is -0.116. The van der Waals surface area contributed by atoms with Crippen LogP contribution in [0, 0.1) is 5.82 Å². The molecule has 1 fully saturated rings. The SMILES string of the molecule is Fc1ccc2c(c1)C[NH2+]C[C@H]2[NH+]1CCOCC1. The molecule has 0 amide bonds. The average molecular weight is 238 g/mol. The minimum Gasteiger partial charge on any atom is -0.370 e. The van der Waals surface area contributed by atoms with Gasteiger partial charge >= 0.3 is 0 Å². The number of halogens is 1. The van der Waals surface area contributed by atoms with E-state index in [0.717, 1.165) is 39.4 Å². The van der Waals surface area contributed by atoms with E-state index in [1.54, 1.807) is 17.0 Å². The van der Waals surface area contributed by atoms with Gasteiger partial charge in [-0.1, -0.05) is 0 Å². The summed E-state index contributed by atoms with van der Waals surface area (Å²) in [6.07, 6.45) is 0. The summed E-state index contributed by atoms with van der Waals surface area (Å²) in [6.45, 7) is 5.84. The predicted octanol–water partition coefficient (Wildman–Crippen LogP) is -1.14. The van der Waals surface area contributed by atoms with Crippen LogP contribution < -0.4 is 10.2 Å². The van der Waals surface area contributed by atoms with Crippen LogP contribution in [0.4, 0.5) is 4.39 Å². The molecule has 0 bridgehead atoms. The van der Waals surface area contributed by atoms with Crippen molar-refractivity contribution in [3.8, 4) is 0 Å². The van der Waals surface area contributed by atoms with Crippen molar-refractivity contribution in [2.24, 2.45) is 0 Å². The second-order valence-electron chi connectivity index (χ2n) is 4.89. The summed E-state index contributed by atoms with van der Waals surface area (Å²) >= 11 is 0. The van der Waals surface area contributed by atoms with E-state index in [0.29, 0.717) is 6.04 Å². The fourth-order valence-corrected chi connectivity index (χ4v) is 2.99. The zero-order valence-electron chi connectivity index (χ0n) is 9.92. The molecule has 3 rings (SSSR count). The lowest BCUT2D eigenvalue weighted by atomic mass is 9.95. The smallest absolute Gasteiger partial charge is 0.163 e. The first-order valence-electron chi connectivity index (χ1n) is 6.37. The Labute approximate surface area is 101 Å². The van der Waals surface area contributed by atoms with Crippen LogP contribution in [-0.4, -0.2) is 32.8 Å². The van der Waals surface area contributed by atoms with Gasteiger partial charge in [0.2, 0.25) is 0 Å². The third kappa shape index (κ3) is 2.20. The molecule has 1 saturated heterocycles. The Bertz CT molecular complexity index is 404. The Kier molecular flexibility index (Phi) is 3.09. The average Bonchev–Trinajstić information content (AvgIpc) is 2.39. The van der Waals surface area contributed by atoms with Crippen LogP contribution in [0.1, 0.15) is 17.2 Å². The van der Waals surface area contributed by atoms with Gasteiger partial charge in [0.05, 0.1) is 13.2 Å². The molecule has 1 atom stereocenters. The van der Waals surface area contributed by atoms with Gasteiger partial charge in [-0.15, -0.1) is 0 Å². The van der Waals surface area contributed by atoms with Crippen LogP contribution >= 0.6 is 0 Å². The van der Waals surface area contributed by atoms with Crippen LogP contribution in [0.25, 0.3) is 0 Å². The van der Waals surface area contributed by atoms with Crippen molar-refractivity contribution >= 4 is 0 Å². The van der Waals surface area contributed by atoms with Crippen molar-refractivity contribution in [2.75, 3.05) is 32.8 Å². The van der Waals surface area contributed by atoms with Crippen LogP contribution in [0.2, 0.25) is 0 Å². The third-order valence-corrected chi connectivity index (χ3v) is 3.87. The maximum atomic E-state index is 13.2. The van der Waals surface area contributed by atoms with Gasteiger partial charge < -0.3 is 15.0 Å². The van der Waals surface area contributed by atoms with Crippen molar-refractivity contribution < 1.29 is 19.3 Å². The van der Waals surface area contributed by atoms with E-state index in [1.165, 1.54) is 11.1 Å². The van der Waals surface area contributed by atoms with Crippen molar-refractivity contribution in [3.05, 3.63) is 35.1 Å². The van der Waals surface area contributed by atoms with Gasteiger partial charge in [0.15, 0.2) is 6.04 Å². The van der Waals surface area contributed by atoms with E-state index >= 15 is 0 Å². The first-order chi connectivity index (χ1) is 8.34. The number of rotatable bonds is 1. The third-order valence-electron chi connectivity index (χ3n) is 3.87. The summed E-state index contributed by atoms with van der Waals surface area (Å²) in [5.74, 6) is -0.116. The van der Waals surface area contributed by atoms with Gasteiger partial charge in [-0.3, -0.25) is 0 Å². The lowest BCUT2D eigenvalue weighted by Crippen LogP contribution is -3.17. The summed E-state index contributed by atoms with van der Waals surface area (Å²) in [4.78, 5) is 1.58. The summed E-state index contributed by atoms with van der Waals surface area (Å²) in [5, 5.41) is 2.29. The molecule has 0 radical (unpaired) electrons. The molecule has 4 heteroatoms. The molecule has 3 nitrogen and oxygen atoms in total. The maximum absolute atomic E-state index is 13.2. The van der Waals surface area contributed by atoms with Gasteiger partial charge in [-0.25, -0.2) is 4.39 Å². The number of nitrogens with one attached hydrogen (secondary N) is 1. The van der Waals surface area contributed by atoms with E-state index in [4.69, 9.17) is 4.74 Å². The highest BCUT2D eigenvalue weighted by atomic mass is 19.1. The van der Waals surface area contributed by atoms with Gasteiger partial charge in [0.1, 0.15) is 32.0 Å². The highest BCUT2D eigenvalue weighted by Crippen LogP contribution is 2.18. The Hall–Kier alpha value is -0.970. The van der Waals surface area contributed by atoms with Crippen molar-refractivity contribution in [1.82, 2.24) is 0 Å². The Morgan fingerprint density at radius 1 is 1.29 bits per heavy atom. The molecule has 92 valence electrons. The molecule has 2 aliphatic rings. The predicted molar refractivity (Wildman–Crippen MR) is 61.2 cm³/mol. The van der Waals surface area contributed by atoms with Crippen molar-refractivity contribution in [3.63, 3.8) is 0 Å². The van der Waals surface area contributed by atoms with E-state index < -0.39 is 0 Å². The molecule has 0 unspecified atom stereocenters. The molecular formula is C13H19FN2O+2. The van der Waals surface area contributed by atoms with Crippen LogP contribution in [0.15, 0.2) is 18.2 Å². The topological polar surface area (TPSA) is 30.3 Å². The lowest BCUT2D eigenvalue weighted by molar-refractivity contribution is -0.954. The standard InChI is InChI=1S/C13H17FN2O/c14-11-1-2-12-10(7-11)8-15-9-13(12)16-3-5-17-6-4-16/h1-2,7,13,15H,3-6,8-9H2/p+2/t13-/m1/s1. The zero-order valence-corrected chi connectivity index (χ0v) is 9.92. The number of hydrogen-bond donors (Lipinski definition) is 2. The number of quaternary nitrogens is 2. The maximum Gasteiger partial charge on any atom is 0.163 e. The lowest BCUT2D eigenvalue weighted by Gasteiger charge is -2.33. The zero-order chi connectivity index (χ0) is 11.7. The molecule has 0 saturated carbocycles. The van der Waals surface area contributed by atoms with Crippen LogP contribution in [0.3, 0.4) is 0 Å². The largest absolute Gasteiger partial charge is 0.370 e. The molecule has 2 aliphatic heterocycles. The minimum absolute atomic E-state index is 0.116. The molecular weight excluding hydrogens is 219 g/mol. The molecule has 0 aliphatic carbocycles. The molecule has 1 aromatic carbocycles. The fourth-order valence-electron chi connectivity index (χ4n) is 2.99. The number of benzene rings is 1. The van der Waals surface area contributed by atoms with Gasteiger partial charge in [0, 0.05) is 11.1 Å². The number of ether oxygens (including phenoxy) is 1. The summed E-state index contributed by atoms with van der Waals surface area (Å²) < 4.78 is 18.6. The fraction of sp³-hybridized carbons (Fsp3) is 0.538. The molecule has 17 heavy (non-hydrogen) atoms. The molecule has 0 aromatic heterocycles. The monoisotopic (exact) mass is 238 g/mol. The highest BCUT2D eigenvalue weighted by Gasteiger charge is 2.32. The summed E-state index contributed by atoms with van der Waals surface area (Å²) in [7, 11) is 0. The number of nitrogens with two attached hydrogens (primary N) is 1. The van der Waals surface area contributed by atoms with Crippen LogP contribution in [0.5, 0.6) is 0 Å². The van der Waals surface area contributed by atoms with Crippen LogP contribution in [-0.2, 0) is 11.3 Å². The van der Waals surface area contributed by atoms with E-state index in [1.807, 2.05) is 6.07 Å². The van der Waals surface area contributed by atoms with Gasteiger partial charge in [0.25, 0.3) is 0 Å². The summed E-state index contributed by atoms with van der Waals surface area (Å²) in [6, 6.07) is 5.77. The molecule has 0 spiro atoms. The molecule has 3 N–H and O–H groups in total. The second kappa shape index (κ2) is 4.72. The normalized spacial score (nSPS) is 25.6. The first-order valence-corrected chi connectivity index (χ1v) is 6.37. The van der Waals surface area contributed by atoms with E-state index in [-0.39, 0.29) is 5.82 Å². The van der Waals surface area contributed by atoms with E-state index in [9.17, 15) is 4.39 Å². The Balaban J connectivity index is 1.88. The number of fused-ring (bicyclic) bond motifs is 1. The Morgan fingerprint density at radius 3 is 2.94 bits per heavy atom. The van der Waals surface area contributed by atoms with E-state index in [2.05, 4.69) is 5.32 Å². The molecule has 1 aromatic rings. The van der Waals surface area contributed by atoms with Gasteiger partial charge in [-0.05, 0) is 18.2 Å².